The van der Waals surface area contributed by atoms with Gasteiger partial charge in [0.05, 0.1) is 35.4 Å². The zero-order valence-electron chi connectivity index (χ0n) is 17.4. The van der Waals surface area contributed by atoms with E-state index in [1.807, 2.05) is 0 Å². The Kier molecular flexibility index (Phi) is 6.21. The Balaban J connectivity index is 1.56. The highest BCUT2D eigenvalue weighted by molar-refractivity contribution is 7.20. The summed E-state index contributed by atoms with van der Waals surface area (Å²) in [4.78, 5) is 44.9. The van der Waals surface area contributed by atoms with Crippen molar-refractivity contribution in [3.05, 3.63) is 57.0 Å². The number of benzene rings is 1. The molecular formula is C21H19F3N4O4S. The summed E-state index contributed by atoms with van der Waals surface area (Å²) in [6.07, 6.45) is -3.35. The summed E-state index contributed by atoms with van der Waals surface area (Å²) in [6, 6.07) is 4.21. The van der Waals surface area contributed by atoms with Gasteiger partial charge in [0.15, 0.2) is 0 Å². The van der Waals surface area contributed by atoms with Crippen LogP contribution in [0.1, 0.15) is 20.8 Å². The maximum Gasteiger partial charge on any atom is 0.416 e. The first-order chi connectivity index (χ1) is 15.6. The van der Waals surface area contributed by atoms with E-state index in [0.29, 0.717) is 41.6 Å². The molecule has 3 heterocycles. The quantitative estimate of drug-likeness (QED) is 0.620. The maximum atomic E-state index is 13.0. The van der Waals surface area contributed by atoms with E-state index in [4.69, 9.17) is 4.74 Å². The summed E-state index contributed by atoms with van der Waals surface area (Å²) >= 11 is 1.11. The highest BCUT2D eigenvalue weighted by Crippen LogP contribution is 2.31. The fourth-order valence-corrected chi connectivity index (χ4v) is 4.62. The molecule has 0 radical (unpaired) electrons. The Bertz CT molecular complexity index is 1280. The minimum Gasteiger partial charge on any atom is -0.378 e. The molecule has 0 aliphatic carbocycles. The number of nitrogens with zero attached hydrogens (tertiary/aromatic N) is 3. The first-order valence-corrected chi connectivity index (χ1v) is 10.8. The number of alkyl halides is 3. The van der Waals surface area contributed by atoms with E-state index in [0.717, 1.165) is 28.0 Å². The zero-order valence-corrected chi connectivity index (χ0v) is 18.3. The minimum absolute atomic E-state index is 0.0398. The molecule has 1 N–H and O–H groups in total. The monoisotopic (exact) mass is 480 g/mol. The fraction of sp³-hybridized carbons (Fsp3) is 0.333. The number of aryl methyl sites for hydroxylation is 1. The molecule has 2 aromatic heterocycles. The zero-order chi connectivity index (χ0) is 23.8. The van der Waals surface area contributed by atoms with Gasteiger partial charge in [0.25, 0.3) is 11.5 Å². The SMILES string of the molecule is Cc1c(C(=O)N2CCOCC2)sc2ncn(CC(=O)Nc3cccc(C(F)(F)F)c3)c(=O)c12. The van der Waals surface area contributed by atoms with Crippen LogP contribution in [0.3, 0.4) is 0 Å². The normalized spacial score (nSPS) is 14.5. The van der Waals surface area contributed by atoms with Crippen molar-refractivity contribution < 1.29 is 27.5 Å². The number of ether oxygens (including phenoxy) is 1. The number of halogens is 3. The Morgan fingerprint density at radius 1 is 1.24 bits per heavy atom. The highest BCUT2D eigenvalue weighted by Gasteiger charge is 2.30. The molecule has 1 aromatic carbocycles. The molecule has 33 heavy (non-hydrogen) atoms. The average molecular weight is 480 g/mol. The van der Waals surface area contributed by atoms with Crippen LogP contribution >= 0.6 is 11.3 Å². The van der Waals surface area contributed by atoms with Gasteiger partial charge in [-0.3, -0.25) is 19.0 Å². The molecule has 0 atom stereocenters. The molecule has 1 aliphatic rings. The number of carbonyl (C=O) groups is 2. The van der Waals surface area contributed by atoms with Crippen molar-refractivity contribution in [2.45, 2.75) is 19.6 Å². The Labute approximate surface area is 189 Å². The third-order valence-electron chi connectivity index (χ3n) is 5.20. The number of amides is 2. The topological polar surface area (TPSA) is 93.5 Å². The average Bonchev–Trinajstić information content (AvgIpc) is 3.12. The molecule has 12 heteroatoms. The van der Waals surface area contributed by atoms with Gasteiger partial charge in [-0.05, 0) is 30.7 Å². The lowest BCUT2D eigenvalue weighted by atomic mass is 10.2. The molecular weight excluding hydrogens is 461 g/mol. The summed E-state index contributed by atoms with van der Waals surface area (Å²) < 4.78 is 44.9. The van der Waals surface area contributed by atoms with Crippen molar-refractivity contribution >= 4 is 39.1 Å². The summed E-state index contributed by atoms with van der Waals surface area (Å²) in [6.45, 7) is 3.02. The number of hydrogen-bond acceptors (Lipinski definition) is 6. The summed E-state index contributed by atoms with van der Waals surface area (Å²) in [7, 11) is 0. The number of anilines is 1. The second-order valence-electron chi connectivity index (χ2n) is 7.45. The van der Waals surface area contributed by atoms with Gasteiger partial charge in [-0.1, -0.05) is 6.07 Å². The number of carbonyl (C=O) groups excluding carboxylic acids is 2. The predicted molar refractivity (Wildman–Crippen MR) is 115 cm³/mol. The molecule has 1 fully saturated rings. The number of morpholine rings is 1. The molecule has 174 valence electrons. The standard InChI is InChI=1S/C21H19F3N4O4S/c1-12-16-18(33-17(12)20(31)27-5-7-32-8-6-27)25-11-28(19(16)30)10-15(29)26-14-4-2-3-13(9-14)21(22,23)24/h2-4,9,11H,5-8,10H2,1H3,(H,26,29). The van der Waals surface area contributed by atoms with Crippen molar-refractivity contribution in [1.29, 1.82) is 0 Å². The molecule has 0 spiro atoms. The first kappa shape index (κ1) is 22.9. The number of thiophene rings is 1. The second-order valence-corrected chi connectivity index (χ2v) is 8.44. The fourth-order valence-electron chi connectivity index (χ4n) is 3.51. The summed E-state index contributed by atoms with van der Waals surface area (Å²) in [5.41, 5.74) is -0.959. The summed E-state index contributed by atoms with van der Waals surface area (Å²) in [5, 5.41) is 2.60. The Morgan fingerprint density at radius 3 is 2.67 bits per heavy atom. The number of fused-ring (bicyclic) bond motifs is 1. The Hall–Kier alpha value is -3.25. The van der Waals surface area contributed by atoms with Crippen LogP contribution in [0.2, 0.25) is 0 Å². The van der Waals surface area contributed by atoms with Crippen molar-refractivity contribution in [3.63, 3.8) is 0 Å². The number of rotatable bonds is 4. The molecule has 0 saturated carbocycles. The van der Waals surface area contributed by atoms with Crippen molar-refractivity contribution in [2.75, 3.05) is 31.6 Å². The van der Waals surface area contributed by atoms with E-state index in [1.165, 1.54) is 18.5 Å². The van der Waals surface area contributed by atoms with Crippen LogP contribution in [-0.4, -0.2) is 52.6 Å². The molecule has 0 bridgehead atoms. The second kappa shape index (κ2) is 8.94. The molecule has 3 aromatic rings. The van der Waals surface area contributed by atoms with Gasteiger partial charge in [-0.25, -0.2) is 4.98 Å². The highest BCUT2D eigenvalue weighted by atomic mass is 32.1. The van der Waals surface area contributed by atoms with E-state index in [9.17, 15) is 27.6 Å². The van der Waals surface area contributed by atoms with E-state index < -0.39 is 29.8 Å². The van der Waals surface area contributed by atoms with Gasteiger partial charge in [0.1, 0.15) is 11.4 Å². The van der Waals surface area contributed by atoms with E-state index >= 15 is 0 Å². The van der Waals surface area contributed by atoms with Crippen molar-refractivity contribution in [3.8, 4) is 0 Å². The maximum absolute atomic E-state index is 13.0. The lowest BCUT2D eigenvalue weighted by Crippen LogP contribution is -2.40. The van der Waals surface area contributed by atoms with Crippen molar-refractivity contribution in [2.24, 2.45) is 0 Å². The third kappa shape index (κ3) is 4.76. The number of hydrogen-bond donors (Lipinski definition) is 1. The molecule has 0 unspecified atom stereocenters. The van der Waals surface area contributed by atoms with Gasteiger partial charge < -0.3 is 15.0 Å². The minimum atomic E-state index is -4.54. The molecule has 2 amide bonds. The summed E-state index contributed by atoms with van der Waals surface area (Å²) in [5.74, 6) is -0.887. The van der Waals surface area contributed by atoms with Crippen LogP contribution in [0, 0.1) is 6.92 Å². The van der Waals surface area contributed by atoms with Crippen LogP contribution in [0.15, 0.2) is 35.4 Å². The van der Waals surface area contributed by atoms with Crippen molar-refractivity contribution in [1.82, 2.24) is 14.5 Å². The number of nitrogens with one attached hydrogen (secondary N) is 1. The van der Waals surface area contributed by atoms with E-state index in [-0.39, 0.29) is 17.0 Å². The lowest BCUT2D eigenvalue weighted by Gasteiger charge is -2.26. The van der Waals surface area contributed by atoms with Crippen LogP contribution in [0.4, 0.5) is 18.9 Å². The largest absolute Gasteiger partial charge is 0.416 e. The number of aromatic nitrogens is 2. The molecule has 1 aliphatic heterocycles. The van der Waals surface area contributed by atoms with Gasteiger partial charge in [0.2, 0.25) is 5.91 Å². The van der Waals surface area contributed by atoms with Crippen LogP contribution < -0.4 is 10.9 Å². The van der Waals surface area contributed by atoms with E-state index in [1.54, 1.807) is 11.8 Å². The smallest absolute Gasteiger partial charge is 0.378 e. The molecule has 8 nitrogen and oxygen atoms in total. The van der Waals surface area contributed by atoms with Crippen LogP contribution in [-0.2, 0) is 22.3 Å². The Morgan fingerprint density at radius 2 is 1.97 bits per heavy atom. The van der Waals surface area contributed by atoms with Gasteiger partial charge in [-0.15, -0.1) is 11.3 Å². The molecule has 4 rings (SSSR count). The van der Waals surface area contributed by atoms with Crippen LogP contribution in [0.5, 0.6) is 0 Å². The van der Waals surface area contributed by atoms with Gasteiger partial charge in [0, 0.05) is 18.8 Å². The lowest BCUT2D eigenvalue weighted by molar-refractivity contribution is -0.137. The first-order valence-electron chi connectivity index (χ1n) is 9.98. The van der Waals surface area contributed by atoms with Crippen LogP contribution in [0.25, 0.3) is 10.2 Å². The van der Waals surface area contributed by atoms with E-state index in [2.05, 4.69) is 10.3 Å². The third-order valence-corrected chi connectivity index (χ3v) is 6.39. The molecule has 1 saturated heterocycles. The van der Waals surface area contributed by atoms with Gasteiger partial charge in [-0.2, -0.15) is 13.2 Å². The predicted octanol–water partition coefficient (Wildman–Crippen LogP) is 2.90. The van der Waals surface area contributed by atoms with Gasteiger partial charge >= 0.3 is 6.18 Å².